The highest BCUT2D eigenvalue weighted by Gasteiger charge is 2.30. The summed E-state index contributed by atoms with van der Waals surface area (Å²) in [5.74, 6) is -0.954. The van der Waals surface area contributed by atoms with Gasteiger partial charge in [0.25, 0.3) is 11.1 Å². The van der Waals surface area contributed by atoms with Gasteiger partial charge in [-0.1, -0.05) is 23.2 Å². The molecule has 0 unspecified atom stereocenters. The molecule has 2 rings (SSSR count). The van der Waals surface area contributed by atoms with Crippen molar-refractivity contribution in [3.63, 3.8) is 0 Å². The van der Waals surface area contributed by atoms with E-state index < -0.39 is 30.8 Å². The van der Waals surface area contributed by atoms with Crippen LogP contribution >= 0.6 is 39.1 Å². The third kappa shape index (κ3) is 2.86. The first-order valence-electron chi connectivity index (χ1n) is 5.11. The van der Waals surface area contributed by atoms with E-state index in [1.807, 2.05) is 0 Å². The molecular formula is C10H5BrCl2N4O3S. The lowest BCUT2D eigenvalue weighted by molar-refractivity contribution is 0.100. The molecule has 0 aliphatic carbocycles. The number of carbonyl (C=O) groups is 1. The van der Waals surface area contributed by atoms with E-state index in [1.54, 1.807) is 0 Å². The molecule has 0 aliphatic heterocycles. The van der Waals surface area contributed by atoms with E-state index in [0.717, 1.165) is 12.7 Å². The molecule has 0 atom stereocenters. The van der Waals surface area contributed by atoms with Gasteiger partial charge in [-0.25, -0.2) is 23.4 Å². The van der Waals surface area contributed by atoms with E-state index in [4.69, 9.17) is 28.9 Å². The minimum Gasteiger partial charge on any atom is -0.366 e. The van der Waals surface area contributed by atoms with Crippen molar-refractivity contribution < 1.29 is 13.2 Å². The number of carbonyl (C=O) groups excluding carboxylic acids is 1. The summed E-state index contributed by atoms with van der Waals surface area (Å²) in [5, 5.41) is -0.992. The predicted molar refractivity (Wildman–Crippen MR) is 78.0 cm³/mol. The number of halogens is 3. The molecule has 1 aromatic heterocycles. The van der Waals surface area contributed by atoms with Crippen molar-refractivity contribution >= 4 is 54.9 Å². The fourth-order valence-electron chi connectivity index (χ4n) is 1.50. The number of sulfone groups is 1. The van der Waals surface area contributed by atoms with Gasteiger partial charge in [-0.3, -0.25) is 4.79 Å². The maximum atomic E-state index is 12.5. The Morgan fingerprint density at radius 3 is 2.33 bits per heavy atom. The Morgan fingerprint density at radius 1 is 1.24 bits per heavy atom. The minimum absolute atomic E-state index is 0.0583. The van der Waals surface area contributed by atoms with Gasteiger partial charge >= 0.3 is 0 Å². The van der Waals surface area contributed by atoms with Gasteiger partial charge < -0.3 is 5.73 Å². The lowest BCUT2D eigenvalue weighted by Crippen LogP contribution is -2.16. The molecule has 2 aromatic rings. The highest BCUT2D eigenvalue weighted by molar-refractivity contribution is 9.10. The Balaban J connectivity index is 2.82. The zero-order valence-electron chi connectivity index (χ0n) is 9.92. The Bertz CT molecular complexity index is 830. The Labute approximate surface area is 137 Å². The van der Waals surface area contributed by atoms with Crippen molar-refractivity contribution in [3.05, 3.63) is 38.8 Å². The summed E-state index contributed by atoms with van der Waals surface area (Å²) in [5.41, 5.74) is 4.86. The zero-order valence-corrected chi connectivity index (χ0v) is 13.8. The molecule has 0 radical (unpaired) electrons. The normalized spacial score (nSPS) is 11.4. The number of amides is 1. The average molecular weight is 412 g/mol. The molecule has 1 amide bonds. The van der Waals surface area contributed by atoms with Crippen molar-refractivity contribution in [3.8, 4) is 0 Å². The lowest BCUT2D eigenvalue weighted by Gasteiger charge is -2.11. The van der Waals surface area contributed by atoms with Gasteiger partial charge in [0.1, 0.15) is 17.6 Å². The van der Waals surface area contributed by atoms with Crippen LogP contribution < -0.4 is 5.73 Å². The number of aromatic nitrogens is 3. The number of benzene rings is 1. The molecule has 21 heavy (non-hydrogen) atoms. The smallest absolute Gasteiger partial charge is 0.255 e. The molecule has 0 bridgehead atoms. The maximum absolute atomic E-state index is 12.5. The first-order valence-corrected chi connectivity index (χ1v) is 8.14. The van der Waals surface area contributed by atoms with Crippen LogP contribution in [0.25, 0.3) is 0 Å². The fraction of sp³-hybridized carbons (Fsp3) is 0. The summed E-state index contributed by atoms with van der Waals surface area (Å²) in [6, 6.07) is 1.21. The highest BCUT2D eigenvalue weighted by Crippen LogP contribution is 2.38. The third-order valence-electron chi connectivity index (χ3n) is 2.35. The summed E-state index contributed by atoms with van der Waals surface area (Å²) in [6.07, 6.45) is 2.04. The van der Waals surface area contributed by atoms with Crippen molar-refractivity contribution in [1.29, 1.82) is 0 Å². The van der Waals surface area contributed by atoms with Crippen LogP contribution in [-0.4, -0.2) is 29.3 Å². The van der Waals surface area contributed by atoms with E-state index in [1.165, 1.54) is 6.07 Å². The third-order valence-corrected chi connectivity index (χ3v) is 5.68. The fourth-order valence-corrected chi connectivity index (χ4v) is 4.97. The second-order valence-corrected chi connectivity index (χ2v) is 7.07. The summed E-state index contributed by atoms with van der Waals surface area (Å²) in [4.78, 5) is 21.6. The van der Waals surface area contributed by atoms with Crippen molar-refractivity contribution in [2.45, 2.75) is 10.1 Å². The van der Waals surface area contributed by atoms with Crippen LogP contribution in [0.5, 0.6) is 0 Å². The molecule has 0 saturated carbocycles. The van der Waals surface area contributed by atoms with Gasteiger partial charge in [0.05, 0.1) is 15.6 Å². The van der Waals surface area contributed by atoms with E-state index in [2.05, 4.69) is 30.9 Å². The molecule has 7 nitrogen and oxygen atoms in total. The molecule has 0 fully saturated rings. The largest absolute Gasteiger partial charge is 0.366 e. The van der Waals surface area contributed by atoms with Gasteiger partial charge in [-0.15, -0.1) is 0 Å². The molecule has 0 aliphatic rings. The Morgan fingerprint density at radius 2 is 1.81 bits per heavy atom. The summed E-state index contributed by atoms with van der Waals surface area (Å²) < 4.78 is 25.1. The second kappa shape index (κ2) is 5.84. The van der Waals surface area contributed by atoms with Crippen LogP contribution in [0.2, 0.25) is 10.0 Å². The predicted octanol–water partition coefficient (Wildman–Crippen LogP) is 1.87. The zero-order chi connectivity index (χ0) is 15.8. The molecule has 1 aromatic carbocycles. The van der Waals surface area contributed by atoms with Crippen LogP contribution in [0, 0.1) is 0 Å². The van der Waals surface area contributed by atoms with E-state index in [9.17, 15) is 13.2 Å². The summed E-state index contributed by atoms with van der Waals surface area (Å²) >= 11 is 14.9. The van der Waals surface area contributed by atoms with Crippen LogP contribution in [0.1, 0.15) is 10.4 Å². The first kappa shape index (κ1) is 16.1. The number of primary amides is 1. The van der Waals surface area contributed by atoms with E-state index in [-0.39, 0.29) is 15.1 Å². The number of rotatable bonds is 3. The molecule has 110 valence electrons. The molecule has 2 N–H and O–H groups in total. The van der Waals surface area contributed by atoms with Crippen LogP contribution in [-0.2, 0) is 9.84 Å². The molecule has 11 heteroatoms. The second-order valence-electron chi connectivity index (χ2n) is 3.65. The molecule has 0 saturated heterocycles. The molecular weight excluding hydrogens is 407 g/mol. The van der Waals surface area contributed by atoms with Gasteiger partial charge in [0.2, 0.25) is 9.84 Å². The van der Waals surface area contributed by atoms with Crippen LogP contribution in [0.4, 0.5) is 0 Å². The SMILES string of the molecule is NC(=O)c1c(Cl)cc(Br)c(S(=O)(=O)c2ncncn2)c1Cl. The highest BCUT2D eigenvalue weighted by atomic mass is 79.9. The quantitative estimate of drug-likeness (QED) is 0.823. The Kier molecular flexibility index (Phi) is 4.47. The van der Waals surface area contributed by atoms with Gasteiger partial charge in [0.15, 0.2) is 0 Å². The first-order chi connectivity index (χ1) is 9.76. The number of hydrogen-bond acceptors (Lipinski definition) is 6. The number of nitrogens with zero attached hydrogens (tertiary/aromatic N) is 3. The molecule has 0 spiro atoms. The van der Waals surface area contributed by atoms with Crippen molar-refractivity contribution in [2.75, 3.05) is 0 Å². The monoisotopic (exact) mass is 410 g/mol. The van der Waals surface area contributed by atoms with Gasteiger partial charge in [-0.2, -0.15) is 0 Å². The number of nitrogens with two attached hydrogens (primary N) is 1. The van der Waals surface area contributed by atoms with Crippen molar-refractivity contribution in [2.24, 2.45) is 5.73 Å². The lowest BCUT2D eigenvalue weighted by atomic mass is 10.2. The van der Waals surface area contributed by atoms with E-state index in [0.29, 0.717) is 0 Å². The Hall–Kier alpha value is -1.29. The standard InChI is InChI=1S/C10H5BrCl2N4O3S/c11-4-1-5(12)6(9(14)18)7(13)8(4)21(19,20)10-16-2-15-3-17-10/h1-3H,(H2,14,18). The van der Waals surface area contributed by atoms with Crippen molar-refractivity contribution in [1.82, 2.24) is 15.0 Å². The van der Waals surface area contributed by atoms with Crippen LogP contribution in [0.15, 0.2) is 33.2 Å². The topological polar surface area (TPSA) is 116 Å². The number of hydrogen-bond donors (Lipinski definition) is 1. The summed E-state index contributed by atoms with van der Waals surface area (Å²) in [7, 11) is -4.18. The summed E-state index contributed by atoms with van der Waals surface area (Å²) in [6.45, 7) is 0. The van der Waals surface area contributed by atoms with E-state index >= 15 is 0 Å². The minimum atomic E-state index is -4.18. The molecule has 1 heterocycles. The average Bonchev–Trinajstić information content (AvgIpc) is 2.38. The van der Waals surface area contributed by atoms with Crippen LogP contribution in [0.3, 0.4) is 0 Å². The van der Waals surface area contributed by atoms with Gasteiger partial charge in [0, 0.05) is 4.47 Å². The maximum Gasteiger partial charge on any atom is 0.255 e. The van der Waals surface area contributed by atoms with Gasteiger partial charge in [-0.05, 0) is 22.0 Å².